The lowest BCUT2D eigenvalue weighted by Gasteiger charge is -2.11. The monoisotopic (exact) mass is 366 g/mol. The van der Waals surface area contributed by atoms with E-state index in [2.05, 4.69) is 20.6 Å². The van der Waals surface area contributed by atoms with Crippen LogP contribution < -0.4 is 10.6 Å². The minimum absolute atomic E-state index is 0.228. The first-order valence-corrected chi connectivity index (χ1v) is 8.58. The van der Waals surface area contributed by atoms with Crippen LogP contribution in [0, 0.1) is 13.8 Å². The summed E-state index contributed by atoms with van der Waals surface area (Å²) >= 11 is 6.23. The van der Waals surface area contributed by atoms with Crippen molar-refractivity contribution in [1.29, 1.82) is 0 Å². The summed E-state index contributed by atoms with van der Waals surface area (Å²) < 4.78 is 0. The second-order valence-electron chi connectivity index (χ2n) is 6.02. The Balaban J connectivity index is 1.66. The molecular formula is C20H19ClN4O. The number of anilines is 2. The third-order valence-corrected chi connectivity index (χ3v) is 4.17. The molecule has 0 aliphatic heterocycles. The molecule has 2 N–H and O–H groups in total. The van der Waals surface area contributed by atoms with E-state index in [1.807, 2.05) is 56.3 Å². The molecule has 0 spiro atoms. The zero-order valence-corrected chi connectivity index (χ0v) is 15.3. The Morgan fingerprint density at radius 3 is 2.50 bits per heavy atom. The first-order valence-electron chi connectivity index (χ1n) is 8.21. The number of amides is 1. The molecule has 0 unspecified atom stereocenters. The third kappa shape index (κ3) is 4.37. The van der Waals surface area contributed by atoms with E-state index in [1.165, 1.54) is 6.20 Å². The number of nitrogens with zero attached hydrogens (tertiary/aromatic N) is 2. The number of benzene rings is 2. The third-order valence-electron chi connectivity index (χ3n) is 3.87. The van der Waals surface area contributed by atoms with E-state index >= 15 is 0 Å². The van der Waals surface area contributed by atoms with E-state index in [1.54, 1.807) is 6.20 Å². The molecule has 0 atom stereocenters. The van der Waals surface area contributed by atoms with Crippen molar-refractivity contribution in [2.45, 2.75) is 20.4 Å². The van der Waals surface area contributed by atoms with Gasteiger partial charge in [0.15, 0.2) is 0 Å². The Labute approximate surface area is 157 Å². The second kappa shape index (κ2) is 7.97. The fourth-order valence-corrected chi connectivity index (χ4v) is 2.95. The lowest BCUT2D eigenvalue weighted by molar-refractivity contribution is 0.102. The van der Waals surface area contributed by atoms with Gasteiger partial charge in [-0.2, -0.15) is 0 Å². The first kappa shape index (κ1) is 17.9. The fourth-order valence-electron chi connectivity index (χ4n) is 2.58. The standard InChI is InChI=1S/C20H19ClN4O/c1-13-8-14(2)19(16(21)9-13)25-20(26)17-11-24-18(12-22-17)23-10-15-6-4-3-5-7-15/h3-9,11-12H,10H2,1-2H3,(H,23,24)(H,25,26). The molecule has 0 bridgehead atoms. The predicted molar refractivity (Wildman–Crippen MR) is 105 cm³/mol. The van der Waals surface area contributed by atoms with Crippen molar-refractivity contribution in [2.24, 2.45) is 0 Å². The summed E-state index contributed by atoms with van der Waals surface area (Å²) in [5.74, 6) is 0.260. The highest BCUT2D eigenvalue weighted by atomic mass is 35.5. The average molecular weight is 367 g/mol. The number of nitrogens with one attached hydrogen (secondary N) is 2. The molecule has 1 heterocycles. The second-order valence-corrected chi connectivity index (χ2v) is 6.43. The topological polar surface area (TPSA) is 66.9 Å². The summed E-state index contributed by atoms with van der Waals surface area (Å²) in [5.41, 5.74) is 3.90. The number of aromatic nitrogens is 2. The normalized spacial score (nSPS) is 10.4. The van der Waals surface area contributed by atoms with Gasteiger partial charge in [0.2, 0.25) is 0 Å². The summed E-state index contributed by atoms with van der Waals surface area (Å²) in [7, 11) is 0. The molecular weight excluding hydrogens is 348 g/mol. The molecule has 0 aliphatic rings. The van der Waals surface area contributed by atoms with Crippen LogP contribution in [0.15, 0.2) is 54.9 Å². The van der Waals surface area contributed by atoms with Crippen molar-refractivity contribution < 1.29 is 4.79 Å². The van der Waals surface area contributed by atoms with Crippen LogP contribution in [0.1, 0.15) is 27.2 Å². The van der Waals surface area contributed by atoms with E-state index < -0.39 is 0 Å². The van der Waals surface area contributed by atoms with Crippen molar-refractivity contribution in [3.05, 3.63) is 82.3 Å². The van der Waals surface area contributed by atoms with Gasteiger partial charge in [-0.05, 0) is 36.6 Å². The summed E-state index contributed by atoms with van der Waals surface area (Å²) in [4.78, 5) is 20.8. The van der Waals surface area contributed by atoms with Gasteiger partial charge in [-0.1, -0.05) is 48.0 Å². The molecule has 0 saturated carbocycles. The summed E-state index contributed by atoms with van der Waals surface area (Å²) in [5, 5.41) is 6.48. The van der Waals surface area contributed by atoms with Gasteiger partial charge in [0.1, 0.15) is 11.5 Å². The van der Waals surface area contributed by atoms with Crippen molar-refractivity contribution in [2.75, 3.05) is 10.6 Å². The molecule has 1 amide bonds. The molecule has 132 valence electrons. The molecule has 2 aromatic carbocycles. The smallest absolute Gasteiger partial charge is 0.275 e. The Kier molecular flexibility index (Phi) is 5.49. The largest absolute Gasteiger partial charge is 0.365 e. The summed E-state index contributed by atoms with van der Waals surface area (Å²) in [6.45, 7) is 4.49. The number of rotatable bonds is 5. The van der Waals surface area contributed by atoms with Crippen molar-refractivity contribution in [3.8, 4) is 0 Å². The molecule has 0 aliphatic carbocycles. The molecule has 3 aromatic rings. The van der Waals surface area contributed by atoms with Gasteiger partial charge in [-0.15, -0.1) is 0 Å². The van der Waals surface area contributed by atoms with E-state index in [0.717, 1.165) is 16.7 Å². The Morgan fingerprint density at radius 2 is 1.85 bits per heavy atom. The van der Waals surface area contributed by atoms with E-state index in [-0.39, 0.29) is 11.6 Å². The number of aryl methyl sites for hydroxylation is 2. The van der Waals surface area contributed by atoms with Gasteiger partial charge in [0.05, 0.1) is 23.1 Å². The van der Waals surface area contributed by atoms with Crippen molar-refractivity contribution in [1.82, 2.24) is 9.97 Å². The van der Waals surface area contributed by atoms with E-state index in [4.69, 9.17) is 11.6 Å². The van der Waals surface area contributed by atoms with Crippen LogP contribution in [-0.2, 0) is 6.54 Å². The van der Waals surface area contributed by atoms with Crippen molar-refractivity contribution >= 4 is 29.0 Å². The maximum Gasteiger partial charge on any atom is 0.275 e. The molecule has 0 fully saturated rings. The molecule has 0 saturated heterocycles. The lowest BCUT2D eigenvalue weighted by Crippen LogP contribution is -2.15. The highest BCUT2D eigenvalue weighted by Gasteiger charge is 2.13. The molecule has 5 nitrogen and oxygen atoms in total. The number of halogens is 1. The molecule has 6 heteroatoms. The minimum Gasteiger partial charge on any atom is -0.365 e. The van der Waals surface area contributed by atoms with Gasteiger partial charge in [0, 0.05) is 6.54 Å². The maximum absolute atomic E-state index is 12.4. The van der Waals surface area contributed by atoms with E-state index in [0.29, 0.717) is 23.1 Å². The molecule has 0 radical (unpaired) electrons. The lowest BCUT2D eigenvalue weighted by atomic mass is 10.1. The van der Waals surface area contributed by atoms with Gasteiger partial charge in [-0.25, -0.2) is 9.97 Å². The Bertz CT molecular complexity index is 888. The van der Waals surface area contributed by atoms with Crippen LogP contribution in [-0.4, -0.2) is 15.9 Å². The van der Waals surface area contributed by atoms with Crippen LogP contribution in [0.3, 0.4) is 0 Å². The number of carbonyl (C=O) groups is 1. The fraction of sp³-hybridized carbons (Fsp3) is 0.150. The molecule has 1 aromatic heterocycles. The van der Waals surface area contributed by atoms with Gasteiger partial charge in [0.25, 0.3) is 5.91 Å². The first-order chi connectivity index (χ1) is 12.5. The quantitative estimate of drug-likeness (QED) is 0.691. The number of hydrogen-bond donors (Lipinski definition) is 2. The highest BCUT2D eigenvalue weighted by molar-refractivity contribution is 6.34. The zero-order valence-electron chi connectivity index (χ0n) is 14.6. The van der Waals surface area contributed by atoms with Crippen molar-refractivity contribution in [3.63, 3.8) is 0 Å². The predicted octanol–water partition coefficient (Wildman–Crippen LogP) is 4.61. The average Bonchev–Trinajstić information content (AvgIpc) is 2.64. The highest BCUT2D eigenvalue weighted by Crippen LogP contribution is 2.27. The Hall–Kier alpha value is -2.92. The summed E-state index contributed by atoms with van der Waals surface area (Å²) in [6, 6.07) is 13.8. The van der Waals surface area contributed by atoms with E-state index in [9.17, 15) is 4.79 Å². The SMILES string of the molecule is Cc1cc(C)c(NC(=O)c2cnc(NCc3ccccc3)cn2)c(Cl)c1. The molecule has 3 rings (SSSR count). The van der Waals surface area contributed by atoms with Crippen LogP contribution in [0.4, 0.5) is 11.5 Å². The van der Waals surface area contributed by atoms with Crippen LogP contribution in [0.5, 0.6) is 0 Å². The zero-order chi connectivity index (χ0) is 18.5. The Morgan fingerprint density at radius 1 is 1.08 bits per heavy atom. The number of hydrogen-bond acceptors (Lipinski definition) is 4. The van der Waals surface area contributed by atoms with Crippen LogP contribution >= 0.6 is 11.6 Å². The minimum atomic E-state index is -0.346. The number of carbonyl (C=O) groups excluding carboxylic acids is 1. The van der Waals surface area contributed by atoms with Gasteiger partial charge < -0.3 is 10.6 Å². The maximum atomic E-state index is 12.4. The van der Waals surface area contributed by atoms with Gasteiger partial charge >= 0.3 is 0 Å². The van der Waals surface area contributed by atoms with Crippen LogP contribution in [0.2, 0.25) is 5.02 Å². The molecule has 26 heavy (non-hydrogen) atoms. The van der Waals surface area contributed by atoms with Crippen LogP contribution in [0.25, 0.3) is 0 Å². The summed E-state index contributed by atoms with van der Waals surface area (Å²) in [6.07, 6.45) is 2.99. The van der Waals surface area contributed by atoms with Gasteiger partial charge in [-0.3, -0.25) is 4.79 Å².